The van der Waals surface area contributed by atoms with E-state index in [1.807, 2.05) is 36.4 Å². The van der Waals surface area contributed by atoms with Crippen LogP contribution in [0.15, 0.2) is 54.7 Å². The van der Waals surface area contributed by atoms with E-state index in [-0.39, 0.29) is 36.4 Å². The van der Waals surface area contributed by atoms with Gasteiger partial charge in [0.15, 0.2) is 0 Å². The number of carbonyl (C=O) groups excluding carboxylic acids is 2. The summed E-state index contributed by atoms with van der Waals surface area (Å²) in [6.45, 7) is 0.621. The zero-order valence-corrected chi connectivity index (χ0v) is 18.6. The summed E-state index contributed by atoms with van der Waals surface area (Å²) in [5, 5.41) is 15.9. The second-order valence-electron chi connectivity index (χ2n) is 8.56. The summed E-state index contributed by atoms with van der Waals surface area (Å²) in [5.74, 6) is -1.74. The fraction of sp³-hybridized carbons (Fsp3) is 0.280. The predicted octanol–water partition coefficient (Wildman–Crippen LogP) is 3.33. The molecule has 5 rings (SSSR count). The predicted molar refractivity (Wildman–Crippen MR) is 124 cm³/mol. The minimum Gasteiger partial charge on any atom is -0.481 e. The standard InChI is InChI=1S/C25H24N4O5/c1-28-22(20(12-26-28)23(30)29-11-10-15(13-29)24(31)32)27-25(33)34-14-21-18-8-4-2-6-16(18)17-7-3-5-9-19(17)21/h2-9,12,15,21H,10-11,13-14H2,1H3,(H,27,33)(H,31,32). The number of carboxylic acid groups (broad SMARTS) is 1. The number of hydrogen-bond acceptors (Lipinski definition) is 5. The quantitative estimate of drug-likeness (QED) is 0.604. The van der Waals surface area contributed by atoms with Gasteiger partial charge in [0.1, 0.15) is 18.0 Å². The second kappa shape index (κ2) is 8.66. The summed E-state index contributed by atoms with van der Waals surface area (Å²) in [7, 11) is 1.61. The highest BCUT2D eigenvalue weighted by atomic mass is 16.5. The van der Waals surface area contributed by atoms with Crippen molar-refractivity contribution in [1.29, 1.82) is 0 Å². The number of anilines is 1. The molecule has 34 heavy (non-hydrogen) atoms. The van der Waals surface area contributed by atoms with E-state index in [4.69, 9.17) is 4.74 Å². The van der Waals surface area contributed by atoms with Gasteiger partial charge < -0.3 is 14.7 Å². The van der Waals surface area contributed by atoms with Crippen LogP contribution in [0, 0.1) is 5.92 Å². The number of benzene rings is 2. The first-order valence-electron chi connectivity index (χ1n) is 11.1. The van der Waals surface area contributed by atoms with Crippen molar-refractivity contribution in [3.63, 3.8) is 0 Å². The molecule has 1 fully saturated rings. The molecular formula is C25H24N4O5. The van der Waals surface area contributed by atoms with Crippen molar-refractivity contribution in [2.75, 3.05) is 25.0 Å². The highest BCUT2D eigenvalue weighted by molar-refractivity contribution is 6.02. The summed E-state index contributed by atoms with van der Waals surface area (Å²) in [4.78, 5) is 38.4. The first-order valence-corrected chi connectivity index (χ1v) is 11.1. The Bertz CT molecular complexity index is 1240. The fourth-order valence-electron chi connectivity index (χ4n) is 4.79. The lowest BCUT2D eigenvalue weighted by Crippen LogP contribution is -2.31. The van der Waals surface area contributed by atoms with E-state index < -0.39 is 18.0 Å². The summed E-state index contributed by atoms with van der Waals surface area (Å²) in [6.07, 6.45) is 1.08. The molecule has 3 aromatic rings. The molecule has 0 spiro atoms. The van der Waals surface area contributed by atoms with Crippen LogP contribution in [0.5, 0.6) is 0 Å². The van der Waals surface area contributed by atoms with Crippen molar-refractivity contribution >= 4 is 23.8 Å². The van der Waals surface area contributed by atoms with Gasteiger partial charge in [-0.3, -0.25) is 19.6 Å². The SMILES string of the molecule is Cn1ncc(C(=O)N2CCC(C(=O)O)C2)c1NC(=O)OCC1c2ccccc2-c2ccccc21. The summed E-state index contributed by atoms with van der Waals surface area (Å²) >= 11 is 0. The molecule has 1 aromatic heterocycles. The molecule has 9 nitrogen and oxygen atoms in total. The van der Waals surface area contributed by atoms with E-state index in [0.717, 1.165) is 22.3 Å². The van der Waals surface area contributed by atoms with Crippen molar-refractivity contribution in [2.24, 2.45) is 13.0 Å². The Morgan fingerprint density at radius 1 is 1.09 bits per heavy atom. The van der Waals surface area contributed by atoms with Crippen molar-refractivity contribution in [3.05, 3.63) is 71.4 Å². The van der Waals surface area contributed by atoms with Crippen molar-refractivity contribution in [3.8, 4) is 11.1 Å². The molecule has 1 saturated heterocycles. The maximum absolute atomic E-state index is 13.0. The molecule has 0 bridgehead atoms. The first-order chi connectivity index (χ1) is 16.4. The van der Waals surface area contributed by atoms with Gasteiger partial charge in [-0.15, -0.1) is 0 Å². The monoisotopic (exact) mass is 460 g/mol. The van der Waals surface area contributed by atoms with Gasteiger partial charge in [0, 0.05) is 26.1 Å². The van der Waals surface area contributed by atoms with Gasteiger partial charge in [0.05, 0.1) is 12.1 Å². The van der Waals surface area contributed by atoms with Gasteiger partial charge in [-0.25, -0.2) is 4.79 Å². The van der Waals surface area contributed by atoms with E-state index in [1.54, 1.807) is 7.05 Å². The van der Waals surface area contributed by atoms with Gasteiger partial charge in [0.25, 0.3) is 5.91 Å². The Morgan fingerprint density at radius 3 is 2.35 bits per heavy atom. The number of likely N-dealkylation sites (tertiary alicyclic amines) is 1. The molecule has 2 aliphatic rings. The van der Waals surface area contributed by atoms with Crippen LogP contribution in [0.3, 0.4) is 0 Å². The Labute approximate surface area is 195 Å². The van der Waals surface area contributed by atoms with Gasteiger partial charge in [0.2, 0.25) is 0 Å². The van der Waals surface area contributed by atoms with Crippen LogP contribution in [0.1, 0.15) is 33.8 Å². The number of aliphatic carboxylic acids is 1. The van der Waals surface area contributed by atoms with Crippen LogP contribution < -0.4 is 5.32 Å². The molecule has 0 saturated carbocycles. The third-order valence-corrected chi connectivity index (χ3v) is 6.56. The van der Waals surface area contributed by atoms with Gasteiger partial charge in [-0.1, -0.05) is 48.5 Å². The largest absolute Gasteiger partial charge is 0.481 e. The first kappa shape index (κ1) is 21.7. The van der Waals surface area contributed by atoms with E-state index in [0.29, 0.717) is 13.0 Å². The number of aromatic nitrogens is 2. The molecule has 2 amide bonds. The molecule has 9 heteroatoms. The number of hydrogen-bond donors (Lipinski definition) is 2. The Hall–Kier alpha value is -4.14. The molecule has 1 atom stereocenters. The van der Waals surface area contributed by atoms with Crippen LogP contribution in [-0.4, -0.2) is 57.5 Å². The molecule has 0 radical (unpaired) electrons. The summed E-state index contributed by atoms with van der Waals surface area (Å²) in [6, 6.07) is 16.1. The number of ether oxygens (including phenoxy) is 1. The van der Waals surface area contributed by atoms with Crippen LogP contribution in [-0.2, 0) is 16.6 Å². The highest BCUT2D eigenvalue weighted by Gasteiger charge is 2.34. The van der Waals surface area contributed by atoms with Crippen LogP contribution in [0.2, 0.25) is 0 Å². The zero-order valence-electron chi connectivity index (χ0n) is 18.6. The molecule has 1 aliphatic heterocycles. The number of carboxylic acids is 1. The van der Waals surface area contributed by atoms with Gasteiger partial charge in [-0.05, 0) is 28.7 Å². The van der Waals surface area contributed by atoms with E-state index in [2.05, 4.69) is 22.5 Å². The third-order valence-electron chi connectivity index (χ3n) is 6.56. The van der Waals surface area contributed by atoms with Crippen molar-refractivity contribution in [2.45, 2.75) is 12.3 Å². The van der Waals surface area contributed by atoms with E-state index in [9.17, 15) is 19.5 Å². The Balaban J connectivity index is 1.28. The number of nitrogens with one attached hydrogen (secondary N) is 1. The normalized spacial score (nSPS) is 16.7. The summed E-state index contributed by atoms with van der Waals surface area (Å²) in [5.41, 5.74) is 4.68. The van der Waals surface area contributed by atoms with E-state index in [1.165, 1.54) is 15.8 Å². The topological polar surface area (TPSA) is 114 Å². The maximum atomic E-state index is 13.0. The van der Waals surface area contributed by atoms with Crippen LogP contribution in [0.4, 0.5) is 10.6 Å². The lowest BCUT2D eigenvalue weighted by atomic mass is 9.98. The lowest BCUT2D eigenvalue weighted by molar-refractivity contribution is -0.141. The minimum atomic E-state index is -0.918. The molecule has 174 valence electrons. The maximum Gasteiger partial charge on any atom is 0.412 e. The molecule has 2 N–H and O–H groups in total. The molecule has 2 heterocycles. The van der Waals surface area contributed by atoms with Gasteiger partial charge >= 0.3 is 12.1 Å². The minimum absolute atomic E-state index is 0.0802. The van der Waals surface area contributed by atoms with Gasteiger partial charge in [-0.2, -0.15) is 5.10 Å². The average molecular weight is 460 g/mol. The molecular weight excluding hydrogens is 436 g/mol. The third kappa shape index (κ3) is 3.79. The number of nitrogens with zero attached hydrogens (tertiary/aromatic N) is 3. The van der Waals surface area contributed by atoms with Crippen molar-refractivity contribution < 1.29 is 24.2 Å². The number of rotatable bonds is 5. The number of fused-ring (bicyclic) bond motifs is 3. The van der Waals surface area contributed by atoms with E-state index >= 15 is 0 Å². The number of amides is 2. The number of aryl methyl sites for hydroxylation is 1. The molecule has 1 unspecified atom stereocenters. The summed E-state index contributed by atoms with van der Waals surface area (Å²) < 4.78 is 6.97. The Kier molecular flexibility index (Phi) is 5.53. The van der Waals surface area contributed by atoms with Crippen LogP contribution in [0.25, 0.3) is 11.1 Å². The van der Waals surface area contributed by atoms with Crippen LogP contribution >= 0.6 is 0 Å². The second-order valence-corrected chi connectivity index (χ2v) is 8.56. The molecule has 1 aliphatic carbocycles. The highest BCUT2D eigenvalue weighted by Crippen LogP contribution is 2.44. The number of carbonyl (C=O) groups is 3. The average Bonchev–Trinajstić information content (AvgIpc) is 3.54. The van der Waals surface area contributed by atoms with Crippen molar-refractivity contribution in [1.82, 2.24) is 14.7 Å². The Morgan fingerprint density at radius 2 is 1.74 bits per heavy atom. The molecule has 2 aromatic carbocycles. The lowest BCUT2D eigenvalue weighted by Gasteiger charge is -2.17. The smallest absolute Gasteiger partial charge is 0.412 e. The zero-order chi connectivity index (χ0) is 23.8. The fourth-order valence-corrected chi connectivity index (χ4v) is 4.79.